The van der Waals surface area contributed by atoms with E-state index < -0.39 is 45.5 Å². The molecular weight excluding hydrogens is 419 g/mol. The zero-order chi connectivity index (χ0) is 22.7. The van der Waals surface area contributed by atoms with Gasteiger partial charge in [0.25, 0.3) is 0 Å². The van der Waals surface area contributed by atoms with Gasteiger partial charge in [-0.2, -0.15) is 10.5 Å². The fraction of sp³-hybridized carbons (Fsp3) is 0. The van der Waals surface area contributed by atoms with E-state index in [9.17, 15) is 33.6 Å². The van der Waals surface area contributed by atoms with Crippen molar-refractivity contribution in [2.75, 3.05) is 0 Å². The van der Waals surface area contributed by atoms with Crippen molar-refractivity contribution in [2.45, 2.75) is 0 Å². The topological polar surface area (TPSA) is 97.8 Å². The number of nitrogens with zero attached hydrogens (tertiary/aromatic N) is 3. The van der Waals surface area contributed by atoms with Crippen LogP contribution < -0.4 is 0 Å². The van der Waals surface area contributed by atoms with Crippen molar-refractivity contribution in [3.05, 3.63) is 93.4 Å². The Morgan fingerprint density at radius 3 is 2.34 bits per heavy atom. The summed E-state index contributed by atoms with van der Waals surface area (Å²) in [6.07, 6.45) is 1.48. The van der Waals surface area contributed by atoms with E-state index in [-0.39, 0.29) is 16.9 Å². The normalized spacial score (nSPS) is 15.7. The average Bonchev–Trinajstić information content (AvgIpc) is 3.26. The van der Waals surface area contributed by atoms with Crippen LogP contribution in [0.3, 0.4) is 0 Å². The van der Waals surface area contributed by atoms with Crippen LogP contribution in [-0.4, -0.2) is 15.9 Å². The molecule has 0 bridgehead atoms. The van der Waals surface area contributed by atoms with Crippen molar-refractivity contribution >= 4 is 16.9 Å². The molecular formula is C24H8F3N3O2. The van der Waals surface area contributed by atoms with Crippen LogP contribution in [-0.2, 0) is 0 Å². The van der Waals surface area contributed by atoms with Crippen molar-refractivity contribution in [2.24, 2.45) is 0 Å². The Morgan fingerprint density at radius 2 is 1.62 bits per heavy atom. The molecule has 32 heavy (non-hydrogen) atoms. The average molecular weight is 427 g/mol. The molecule has 0 fully saturated rings. The monoisotopic (exact) mass is 427 g/mol. The number of benzene rings is 2. The lowest BCUT2D eigenvalue weighted by atomic mass is 9.91. The number of rotatable bonds is 0. The van der Waals surface area contributed by atoms with E-state index in [0.717, 1.165) is 0 Å². The molecule has 5 nitrogen and oxygen atoms in total. The second-order valence-corrected chi connectivity index (χ2v) is 7.06. The van der Waals surface area contributed by atoms with E-state index >= 15 is 0 Å². The molecule has 0 spiro atoms. The molecule has 1 N–H and O–H groups in total. The number of aromatic nitrogens is 1. The molecule has 152 valence electrons. The first-order chi connectivity index (χ1) is 15.4. The summed E-state index contributed by atoms with van der Waals surface area (Å²) in [5.74, 6) is -6.06. The first-order valence-corrected chi connectivity index (χ1v) is 9.20. The number of fused-ring (bicyclic) bond motifs is 4. The Kier molecular flexibility index (Phi) is 4.01. The standard InChI is InChI=1S/C24H8F3N3O2/c25-14-7-13-19(22(27)21(14)26)16(10(8-28)9-29)20(24(13)32)17-11-3-1-5-15(31)18(11)23-12(17)4-2-6-30-23/h1-7,31H/b20-17-. The molecule has 0 radical (unpaired) electrons. The number of halogens is 3. The van der Waals surface area contributed by atoms with Gasteiger partial charge in [0.15, 0.2) is 23.2 Å². The lowest BCUT2D eigenvalue weighted by Gasteiger charge is -2.10. The summed E-state index contributed by atoms with van der Waals surface area (Å²) in [7, 11) is 0. The van der Waals surface area contributed by atoms with E-state index in [4.69, 9.17) is 0 Å². The molecule has 8 heteroatoms. The minimum Gasteiger partial charge on any atom is -0.507 e. The van der Waals surface area contributed by atoms with Crippen molar-refractivity contribution in [3.8, 4) is 29.1 Å². The summed E-state index contributed by atoms with van der Waals surface area (Å²) in [5.41, 5.74) is -0.913. The number of hydrogen-bond donors (Lipinski definition) is 1. The van der Waals surface area contributed by atoms with Crippen molar-refractivity contribution in [1.82, 2.24) is 4.98 Å². The molecule has 0 saturated carbocycles. The quantitative estimate of drug-likeness (QED) is 0.250. The van der Waals surface area contributed by atoms with Crippen LogP contribution in [0.1, 0.15) is 27.0 Å². The van der Waals surface area contributed by atoms with Crippen LogP contribution in [0.15, 0.2) is 53.7 Å². The molecule has 1 heterocycles. The third-order valence-electron chi connectivity index (χ3n) is 5.48. The largest absolute Gasteiger partial charge is 0.507 e. The molecule has 2 aliphatic carbocycles. The summed E-state index contributed by atoms with van der Waals surface area (Å²) >= 11 is 0. The maximum absolute atomic E-state index is 14.8. The summed E-state index contributed by atoms with van der Waals surface area (Å²) in [6, 6.07) is 11.5. The molecule has 5 rings (SSSR count). The number of carbonyl (C=O) groups excluding carboxylic acids is 1. The van der Waals surface area contributed by atoms with Crippen LogP contribution in [0.4, 0.5) is 13.2 Å². The predicted octanol–water partition coefficient (Wildman–Crippen LogP) is 4.68. The second-order valence-electron chi connectivity index (χ2n) is 7.06. The number of nitriles is 2. The van der Waals surface area contributed by atoms with E-state index in [1.807, 2.05) is 0 Å². The number of pyridine rings is 1. The summed E-state index contributed by atoms with van der Waals surface area (Å²) < 4.78 is 42.9. The van der Waals surface area contributed by atoms with Gasteiger partial charge in [0.05, 0.1) is 11.3 Å². The lowest BCUT2D eigenvalue weighted by molar-refractivity contribution is 0.104. The number of phenols is 1. The highest BCUT2D eigenvalue weighted by atomic mass is 19.2. The van der Waals surface area contributed by atoms with Gasteiger partial charge in [-0.15, -0.1) is 0 Å². The van der Waals surface area contributed by atoms with Crippen molar-refractivity contribution in [3.63, 3.8) is 0 Å². The third-order valence-corrected chi connectivity index (χ3v) is 5.48. The fourth-order valence-corrected chi connectivity index (χ4v) is 4.24. The zero-order valence-corrected chi connectivity index (χ0v) is 15.9. The van der Waals surface area contributed by atoms with Gasteiger partial charge in [0.1, 0.15) is 23.5 Å². The molecule has 3 aromatic rings. The minimum absolute atomic E-state index is 0.129. The highest BCUT2D eigenvalue weighted by molar-refractivity contribution is 6.33. The molecule has 2 aliphatic rings. The number of phenolic OH excluding ortho intramolecular Hbond substituents is 1. The number of hydrogen-bond acceptors (Lipinski definition) is 5. The van der Waals surface area contributed by atoms with Crippen LogP contribution >= 0.6 is 0 Å². The van der Waals surface area contributed by atoms with Gasteiger partial charge in [-0.1, -0.05) is 18.2 Å². The van der Waals surface area contributed by atoms with Gasteiger partial charge in [-0.05, 0) is 23.8 Å². The Bertz CT molecular complexity index is 1540. The van der Waals surface area contributed by atoms with Gasteiger partial charge >= 0.3 is 0 Å². The Labute approximate surface area is 178 Å². The number of aromatic hydroxyl groups is 1. The number of Topliss-reactive ketones (excluding diaryl/α,β-unsaturated/α-hetero) is 1. The second kappa shape index (κ2) is 6.66. The predicted molar refractivity (Wildman–Crippen MR) is 106 cm³/mol. The van der Waals surface area contributed by atoms with Crippen LogP contribution in [0, 0.1) is 40.1 Å². The maximum atomic E-state index is 14.8. The molecule has 0 amide bonds. The molecule has 2 aromatic carbocycles. The third kappa shape index (κ3) is 2.32. The Hall–Kier alpha value is -4.69. The van der Waals surface area contributed by atoms with Gasteiger partial charge in [0.2, 0.25) is 0 Å². The number of carbonyl (C=O) groups is 1. The van der Waals surface area contributed by atoms with E-state index in [1.165, 1.54) is 18.3 Å². The maximum Gasteiger partial charge on any atom is 0.195 e. The highest BCUT2D eigenvalue weighted by Crippen LogP contribution is 2.53. The van der Waals surface area contributed by atoms with Gasteiger partial charge in [0, 0.05) is 39.6 Å². The van der Waals surface area contributed by atoms with Crippen LogP contribution in [0.25, 0.3) is 22.4 Å². The number of allylic oxidation sites excluding steroid dienone is 3. The minimum atomic E-state index is -1.82. The molecule has 0 aliphatic heterocycles. The zero-order valence-electron chi connectivity index (χ0n) is 15.9. The smallest absolute Gasteiger partial charge is 0.195 e. The van der Waals surface area contributed by atoms with Gasteiger partial charge < -0.3 is 5.11 Å². The van der Waals surface area contributed by atoms with Crippen molar-refractivity contribution in [1.29, 1.82) is 10.5 Å². The van der Waals surface area contributed by atoms with E-state index in [1.54, 1.807) is 30.3 Å². The fourth-order valence-electron chi connectivity index (χ4n) is 4.24. The van der Waals surface area contributed by atoms with Gasteiger partial charge in [-0.3, -0.25) is 9.78 Å². The highest BCUT2D eigenvalue weighted by Gasteiger charge is 2.42. The van der Waals surface area contributed by atoms with Crippen LogP contribution in [0.5, 0.6) is 5.75 Å². The summed E-state index contributed by atoms with van der Waals surface area (Å²) in [4.78, 5) is 17.7. The first kappa shape index (κ1) is 19.3. The lowest BCUT2D eigenvalue weighted by Crippen LogP contribution is -2.01. The SMILES string of the molecule is N#CC(C#N)=C1/C(=C2/c3cccnc3-c3c(O)cccc32)C(=O)c2cc(F)c(F)c(F)c21. The molecule has 0 saturated heterocycles. The molecule has 0 unspecified atom stereocenters. The van der Waals surface area contributed by atoms with Crippen molar-refractivity contribution < 1.29 is 23.1 Å². The summed E-state index contributed by atoms with van der Waals surface area (Å²) in [5, 5.41) is 29.4. The Balaban J connectivity index is 2.01. The van der Waals surface area contributed by atoms with E-state index in [0.29, 0.717) is 28.5 Å². The Morgan fingerprint density at radius 1 is 0.906 bits per heavy atom. The molecule has 1 aromatic heterocycles. The van der Waals surface area contributed by atoms with Gasteiger partial charge in [-0.25, -0.2) is 13.2 Å². The van der Waals surface area contributed by atoms with E-state index in [2.05, 4.69) is 4.98 Å². The summed E-state index contributed by atoms with van der Waals surface area (Å²) in [6.45, 7) is 0. The number of ketones is 1. The molecule has 0 atom stereocenters. The first-order valence-electron chi connectivity index (χ1n) is 9.20. The van der Waals surface area contributed by atoms with Crippen LogP contribution in [0.2, 0.25) is 0 Å².